The maximum Gasteiger partial charge on any atom is 0.138 e. The number of benzene rings is 1. The highest BCUT2D eigenvalue weighted by Crippen LogP contribution is 2.47. The fourth-order valence-corrected chi connectivity index (χ4v) is 2.94. The minimum absolute atomic E-state index is 0.0921. The van der Waals surface area contributed by atoms with E-state index in [1.165, 1.54) is 34.9 Å². The molecule has 0 atom stereocenters. The first-order chi connectivity index (χ1) is 8.91. The van der Waals surface area contributed by atoms with E-state index in [9.17, 15) is 0 Å². The molecule has 102 valence electrons. The van der Waals surface area contributed by atoms with Gasteiger partial charge in [-0.2, -0.15) is 0 Å². The molecule has 19 heavy (non-hydrogen) atoms. The predicted octanol–water partition coefficient (Wildman–Crippen LogP) is 4.37. The van der Waals surface area contributed by atoms with E-state index >= 15 is 0 Å². The molecule has 0 spiro atoms. The number of aryl methyl sites for hydroxylation is 1. The Morgan fingerprint density at radius 3 is 2.47 bits per heavy atom. The van der Waals surface area contributed by atoms with Crippen molar-refractivity contribution in [1.82, 2.24) is 0 Å². The van der Waals surface area contributed by atoms with Crippen molar-refractivity contribution in [3.05, 3.63) is 34.6 Å². The molecule has 1 aromatic heterocycles. The summed E-state index contributed by atoms with van der Waals surface area (Å²) < 4.78 is 6.14. The lowest BCUT2D eigenvalue weighted by Gasteiger charge is -2.20. The van der Waals surface area contributed by atoms with Gasteiger partial charge in [-0.15, -0.1) is 0 Å². The molecule has 1 heterocycles. The first kappa shape index (κ1) is 12.7. The Bertz CT molecular complexity index is 627. The van der Waals surface area contributed by atoms with Crippen LogP contribution < -0.4 is 5.73 Å². The topological polar surface area (TPSA) is 39.2 Å². The van der Waals surface area contributed by atoms with Crippen LogP contribution >= 0.6 is 0 Å². The van der Waals surface area contributed by atoms with Gasteiger partial charge in [-0.1, -0.05) is 26.8 Å². The third-order valence-electron chi connectivity index (χ3n) is 4.03. The first-order valence-corrected chi connectivity index (χ1v) is 7.18. The van der Waals surface area contributed by atoms with E-state index in [0.29, 0.717) is 12.5 Å². The van der Waals surface area contributed by atoms with Gasteiger partial charge in [-0.05, 0) is 42.7 Å². The van der Waals surface area contributed by atoms with Gasteiger partial charge in [0, 0.05) is 16.5 Å². The van der Waals surface area contributed by atoms with Crippen LogP contribution in [0.5, 0.6) is 0 Å². The summed E-state index contributed by atoms with van der Waals surface area (Å²) in [6.07, 6.45) is 2.56. The lowest BCUT2D eigenvalue weighted by atomic mass is 9.84. The summed E-state index contributed by atoms with van der Waals surface area (Å²) in [5.41, 5.74) is 11.0. The van der Waals surface area contributed by atoms with Gasteiger partial charge in [0.1, 0.15) is 11.3 Å². The molecule has 1 aliphatic carbocycles. The standard InChI is InChI=1S/C17H23NO/c1-10-7-12-15(11-5-6-11)14(9-18)19-16(12)13(8-10)17(2,3)4/h7-8,11H,5-6,9,18H2,1-4H3. The third-order valence-corrected chi connectivity index (χ3v) is 4.03. The van der Waals surface area contributed by atoms with Gasteiger partial charge in [0.15, 0.2) is 0 Å². The Kier molecular flexibility index (Phi) is 2.75. The largest absolute Gasteiger partial charge is 0.459 e. The van der Waals surface area contributed by atoms with E-state index in [4.69, 9.17) is 10.2 Å². The van der Waals surface area contributed by atoms with Crippen molar-refractivity contribution < 1.29 is 4.42 Å². The number of fused-ring (bicyclic) bond motifs is 1. The molecule has 1 aromatic carbocycles. The van der Waals surface area contributed by atoms with Crippen LogP contribution in [-0.2, 0) is 12.0 Å². The number of rotatable bonds is 2. The van der Waals surface area contributed by atoms with Crippen LogP contribution in [0.1, 0.15) is 62.0 Å². The molecular formula is C17H23NO. The van der Waals surface area contributed by atoms with E-state index in [1.54, 1.807) is 0 Å². The molecule has 2 nitrogen and oxygen atoms in total. The molecule has 0 aliphatic heterocycles. The maximum absolute atomic E-state index is 6.14. The van der Waals surface area contributed by atoms with Gasteiger partial charge in [0.25, 0.3) is 0 Å². The summed E-state index contributed by atoms with van der Waals surface area (Å²) in [7, 11) is 0. The number of hydrogen-bond acceptors (Lipinski definition) is 2. The zero-order chi connectivity index (χ0) is 13.8. The molecule has 0 radical (unpaired) electrons. The van der Waals surface area contributed by atoms with Crippen LogP contribution in [0.25, 0.3) is 11.0 Å². The minimum Gasteiger partial charge on any atom is -0.459 e. The van der Waals surface area contributed by atoms with Gasteiger partial charge >= 0.3 is 0 Å². The zero-order valence-corrected chi connectivity index (χ0v) is 12.3. The third kappa shape index (κ3) is 2.08. The molecule has 2 N–H and O–H groups in total. The fraction of sp³-hybridized carbons (Fsp3) is 0.529. The van der Waals surface area contributed by atoms with Gasteiger partial charge in [-0.3, -0.25) is 0 Å². The van der Waals surface area contributed by atoms with E-state index in [0.717, 1.165) is 11.3 Å². The first-order valence-electron chi connectivity index (χ1n) is 7.18. The van der Waals surface area contributed by atoms with E-state index in [-0.39, 0.29) is 5.41 Å². The summed E-state index contributed by atoms with van der Waals surface area (Å²) in [6.45, 7) is 9.39. The molecule has 0 bridgehead atoms. The highest BCUT2D eigenvalue weighted by Gasteiger charge is 2.32. The minimum atomic E-state index is 0.0921. The second-order valence-corrected chi connectivity index (χ2v) is 6.86. The van der Waals surface area contributed by atoms with Crippen LogP contribution in [-0.4, -0.2) is 0 Å². The number of nitrogens with two attached hydrogens (primary N) is 1. The van der Waals surface area contributed by atoms with Crippen molar-refractivity contribution in [2.24, 2.45) is 5.73 Å². The molecular weight excluding hydrogens is 234 g/mol. The normalized spacial score (nSPS) is 16.3. The Balaban J connectivity index is 2.34. The predicted molar refractivity (Wildman–Crippen MR) is 79.5 cm³/mol. The Morgan fingerprint density at radius 1 is 1.26 bits per heavy atom. The average molecular weight is 257 g/mol. The van der Waals surface area contributed by atoms with Gasteiger partial charge in [-0.25, -0.2) is 0 Å². The lowest BCUT2D eigenvalue weighted by Crippen LogP contribution is -2.11. The summed E-state index contributed by atoms with van der Waals surface area (Å²) in [4.78, 5) is 0. The van der Waals surface area contributed by atoms with E-state index in [1.807, 2.05) is 0 Å². The van der Waals surface area contributed by atoms with E-state index < -0.39 is 0 Å². The fourth-order valence-electron chi connectivity index (χ4n) is 2.94. The molecule has 1 saturated carbocycles. The van der Waals surface area contributed by atoms with Crippen molar-refractivity contribution in [3.63, 3.8) is 0 Å². The van der Waals surface area contributed by atoms with E-state index in [2.05, 4.69) is 39.8 Å². The van der Waals surface area contributed by atoms with Gasteiger partial charge in [0.2, 0.25) is 0 Å². The SMILES string of the molecule is Cc1cc(C(C)(C)C)c2oc(CN)c(C3CC3)c2c1. The highest BCUT2D eigenvalue weighted by atomic mass is 16.3. The number of furan rings is 1. The lowest BCUT2D eigenvalue weighted by molar-refractivity contribution is 0.522. The molecule has 0 amide bonds. The monoisotopic (exact) mass is 257 g/mol. The Morgan fingerprint density at radius 2 is 1.95 bits per heavy atom. The zero-order valence-electron chi connectivity index (χ0n) is 12.3. The second-order valence-electron chi connectivity index (χ2n) is 6.86. The summed E-state index contributed by atoms with van der Waals surface area (Å²) in [5.74, 6) is 1.67. The summed E-state index contributed by atoms with van der Waals surface area (Å²) in [5, 5.41) is 1.30. The van der Waals surface area contributed by atoms with Crippen LogP contribution in [0.15, 0.2) is 16.5 Å². The Hall–Kier alpha value is -1.28. The molecule has 3 rings (SSSR count). The van der Waals surface area contributed by atoms with Crippen LogP contribution in [0.3, 0.4) is 0 Å². The summed E-state index contributed by atoms with van der Waals surface area (Å²) >= 11 is 0. The van der Waals surface area contributed by atoms with Crippen molar-refractivity contribution in [3.8, 4) is 0 Å². The second kappa shape index (κ2) is 4.11. The van der Waals surface area contributed by atoms with Crippen molar-refractivity contribution in [2.45, 2.75) is 58.4 Å². The molecule has 1 fully saturated rings. The van der Waals surface area contributed by atoms with Crippen LogP contribution in [0.2, 0.25) is 0 Å². The molecule has 2 heteroatoms. The van der Waals surface area contributed by atoms with Crippen molar-refractivity contribution >= 4 is 11.0 Å². The number of hydrogen-bond donors (Lipinski definition) is 1. The van der Waals surface area contributed by atoms with Crippen molar-refractivity contribution in [2.75, 3.05) is 0 Å². The Labute approximate surface area is 115 Å². The van der Waals surface area contributed by atoms with Gasteiger partial charge < -0.3 is 10.2 Å². The molecule has 0 unspecified atom stereocenters. The highest BCUT2D eigenvalue weighted by molar-refractivity contribution is 5.87. The molecule has 0 saturated heterocycles. The maximum atomic E-state index is 6.14. The smallest absolute Gasteiger partial charge is 0.138 e. The quantitative estimate of drug-likeness (QED) is 0.867. The summed E-state index contributed by atoms with van der Waals surface area (Å²) in [6, 6.07) is 4.52. The molecule has 2 aromatic rings. The average Bonchev–Trinajstić information content (AvgIpc) is 3.08. The van der Waals surface area contributed by atoms with Crippen LogP contribution in [0.4, 0.5) is 0 Å². The van der Waals surface area contributed by atoms with Gasteiger partial charge in [0.05, 0.1) is 6.54 Å². The van der Waals surface area contributed by atoms with Crippen LogP contribution in [0, 0.1) is 6.92 Å². The van der Waals surface area contributed by atoms with Crippen molar-refractivity contribution in [1.29, 1.82) is 0 Å². The molecule has 1 aliphatic rings.